The van der Waals surface area contributed by atoms with Gasteiger partial charge in [-0.1, -0.05) is 6.07 Å². The van der Waals surface area contributed by atoms with Gasteiger partial charge in [-0.05, 0) is 50.2 Å². The Labute approximate surface area is 140 Å². The summed E-state index contributed by atoms with van der Waals surface area (Å²) in [7, 11) is -1.31. The summed E-state index contributed by atoms with van der Waals surface area (Å²) in [5.74, 6) is 0.477. The number of nitrogens with zero attached hydrogens (tertiary/aromatic N) is 3. The lowest BCUT2D eigenvalue weighted by atomic mass is 10.1. The molecule has 2 atom stereocenters. The van der Waals surface area contributed by atoms with E-state index in [4.69, 9.17) is 0 Å². The molecule has 0 amide bonds. The van der Waals surface area contributed by atoms with Crippen molar-refractivity contribution in [2.45, 2.75) is 16.7 Å². The number of likely N-dealkylation sites (N-methyl/N-ethyl adjacent to an activating group) is 1. The number of likely N-dealkylation sites (tertiary alicyclic amines) is 1. The van der Waals surface area contributed by atoms with Gasteiger partial charge in [-0.3, -0.25) is 4.98 Å². The molecule has 7 heteroatoms. The molecule has 0 unspecified atom stereocenters. The van der Waals surface area contributed by atoms with Crippen LogP contribution in [0.15, 0.2) is 40.7 Å². The number of aromatic nitrogens is 1. The van der Waals surface area contributed by atoms with Crippen LogP contribution in [0.4, 0.5) is 0 Å². The summed E-state index contributed by atoms with van der Waals surface area (Å²) in [4.78, 5) is 7.47. The molecule has 0 saturated carbocycles. The highest BCUT2D eigenvalue weighted by atomic mass is 32.2. The molecular formula is C16H19N3O2S2. The highest BCUT2D eigenvalue weighted by Crippen LogP contribution is 2.36. The molecule has 2 aliphatic rings. The average Bonchev–Trinajstić information content (AvgIpc) is 3.26. The van der Waals surface area contributed by atoms with E-state index in [-0.39, 0.29) is 0 Å². The Hall–Kier alpha value is -1.28. The Morgan fingerprint density at radius 2 is 2.09 bits per heavy atom. The molecule has 0 spiro atoms. The Kier molecular flexibility index (Phi) is 3.76. The Morgan fingerprint density at radius 1 is 1.22 bits per heavy atom. The standard InChI is InChI=1S/C16H19N3O2S2/c1-18-9-7-12-10-19(11-14(12)18)23(20,21)16-6-5-15(22-16)13-4-2-3-8-17-13/h2-6,8,12,14H,7,9-11H2,1H3/t12-,14+/m0/s1. The Bertz CT molecular complexity index is 804. The fraction of sp³-hybridized carbons (Fsp3) is 0.438. The molecule has 0 N–H and O–H groups in total. The summed E-state index contributed by atoms with van der Waals surface area (Å²) >= 11 is 1.30. The molecular weight excluding hydrogens is 330 g/mol. The quantitative estimate of drug-likeness (QED) is 0.852. The molecule has 0 aromatic carbocycles. The predicted octanol–water partition coefficient (Wildman–Crippen LogP) is 2.13. The number of hydrogen-bond donors (Lipinski definition) is 0. The zero-order valence-electron chi connectivity index (χ0n) is 12.9. The van der Waals surface area contributed by atoms with Crippen LogP contribution in [0.5, 0.6) is 0 Å². The Balaban J connectivity index is 1.59. The first-order valence-electron chi connectivity index (χ1n) is 7.77. The molecule has 0 radical (unpaired) electrons. The minimum atomic E-state index is -3.39. The van der Waals surface area contributed by atoms with Crippen molar-refractivity contribution < 1.29 is 8.42 Å². The van der Waals surface area contributed by atoms with Crippen LogP contribution in [0.25, 0.3) is 10.6 Å². The fourth-order valence-corrected chi connectivity index (χ4v) is 6.51. The minimum Gasteiger partial charge on any atom is -0.302 e. The van der Waals surface area contributed by atoms with Crippen molar-refractivity contribution in [3.05, 3.63) is 36.5 Å². The molecule has 4 rings (SSSR count). The first-order valence-corrected chi connectivity index (χ1v) is 10.0. The smallest absolute Gasteiger partial charge is 0.252 e. The lowest BCUT2D eigenvalue weighted by Crippen LogP contribution is -2.34. The van der Waals surface area contributed by atoms with E-state index in [1.54, 1.807) is 16.6 Å². The molecule has 2 aromatic heterocycles. The van der Waals surface area contributed by atoms with Crippen molar-refractivity contribution in [3.8, 4) is 10.6 Å². The average molecular weight is 349 g/mol. The number of hydrogen-bond acceptors (Lipinski definition) is 5. The number of rotatable bonds is 3. The molecule has 2 aliphatic heterocycles. The van der Waals surface area contributed by atoms with Crippen LogP contribution in [0, 0.1) is 5.92 Å². The highest BCUT2D eigenvalue weighted by molar-refractivity contribution is 7.91. The van der Waals surface area contributed by atoms with Gasteiger partial charge < -0.3 is 4.90 Å². The molecule has 2 fully saturated rings. The van der Waals surface area contributed by atoms with Gasteiger partial charge in [0.25, 0.3) is 10.0 Å². The lowest BCUT2D eigenvalue weighted by molar-refractivity contribution is 0.297. The second kappa shape index (κ2) is 5.66. The molecule has 0 aliphatic carbocycles. The number of pyridine rings is 1. The summed E-state index contributed by atoms with van der Waals surface area (Å²) in [5, 5.41) is 0. The van der Waals surface area contributed by atoms with Crippen LogP contribution in [0.2, 0.25) is 0 Å². The third kappa shape index (κ3) is 2.61. The van der Waals surface area contributed by atoms with E-state index in [0.29, 0.717) is 29.3 Å². The second-order valence-electron chi connectivity index (χ2n) is 6.25. The van der Waals surface area contributed by atoms with Crippen molar-refractivity contribution in [2.75, 3.05) is 26.7 Å². The van der Waals surface area contributed by atoms with E-state index in [0.717, 1.165) is 23.5 Å². The van der Waals surface area contributed by atoms with Gasteiger partial charge in [0.2, 0.25) is 0 Å². The van der Waals surface area contributed by atoms with Crippen molar-refractivity contribution in [1.82, 2.24) is 14.2 Å². The second-order valence-corrected chi connectivity index (χ2v) is 9.50. The maximum absolute atomic E-state index is 12.9. The van der Waals surface area contributed by atoms with Gasteiger partial charge in [-0.2, -0.15) is 4.31 Å². The minimum absolute atomic E-state index is 0.375. The van der Waals surface area contributed by atoms with Crippen molar-refractivity contribution in [3.63, 3.8) is 0 Å². The van der Waals surface area contributed by atoms with Crippen molar-refractivity contribution in [1.29, 1.82) is 0 Å². The van der Waals surface area contributed by atoms with E-state index in [1.807, 2.05) is 24.3 Å². The largest absolute Gasteiger partial charge is 0.302 e. The SMILES string of the molecule is CN1CC[C@H]2CN(S(=O)(=O)c3ccc(-c4ccccn4)s3)C[C@H]21. The van der Waals surface area contributed by atoms with Gasteiger partial charge in [0.15, 0.2) is 0 Å². The normalized spacial score (nSPS) is 25.8. The zero-order chi connectivity index (χ0) is 16.0. The Morgan fingerprint density at radius 3 is 2.83 bits per heavy atom. The number of thiophene rings is 1. The van der Waals surface area contributed by atoms with E-state index < -0.39 is 10.0 Å². The van der Waals surface area contributed by atoms with Crippen molar-refractivity contribution in [2.24, 2.45) is 5.92 Å². The molecule has 23 heavy (non-hydrogen) atoms. The zero-order valence-corrected chi connectivity index (χ0v) is 14.6. The van der Waals surface area contributed by atoms with Gasteiger partial charge in [0.1, 0.15) is 4.21 Å². The molecule has 0 bridgehead atoms. The van der Waals surface area contributed by atoms with Crippen LogP contribution in [0.3, 0.4) is 0 Å². The van der Waals surface area contributed by atoms with Gasteiger partial charge in [0, 0.05) is 25.3 Å². The summed E-state index contributed by atoms with van der Waals surface area (Å²) < 4.78 is 27.9. The third-order valence-corrected chi connectivity index (χ3v) is 8.29. The fourth-order valence-electron chi connectivity index (χ4n) is 3.56. The predicted molar refractivity (Wildman–Crippen MR) is 90.8 cm³/mol. The van der Waals surface area contributed by atoms with Gasteiger partial charge in [-0.15, -0.1) is 11.3 Å². The van der Waals surface area contributed by atoms with E-state index >= 15 is 0 Å². The summed E-state index contributed by atoms with van der Waals surface area (Å²) in [5.41, 5.74) is 0.817. The van der Waals surface area contributed by atoms with Crippen LogP contribution in [-0.4, -0.2) is 55.3 Å². The van der Waals surface area contributed by atoms with E-state index in [9.17, 15) is 8.42 Å². The van der Waals surface area contributed by atoms with Crippen LogP contribution in [-0.2, 0) is 10.0 Å². The van der Waals surface area contributed by atoms with Crippen LogP contribution < -0.4 is 0 Å². The maximum atomic E-state index is 12.9. The number of fused-ring (bicyclic) bond motifs is 1. The maximum Gasteiger partial charge on any atom is 0.252 e. The lowest BCUT2D eigenvalue weighted by Gasteiger charge is -2.19. The van der Waals surface area contributed by atoms with E-state index in [1.165, 1.54) is 11.3 Å². The van der Waals surface area contributed by atoms with Crippen LogP contribution in [0.1, 0.15) is 6.42 Å². The summed E-state index contributed by atoms with van der Waals surface area (Å²) in [6.07, 6.45) is 2.82. The van der Waals surface area contributed by atoms with E-state index in [2.05, 4.69) is 16.9 Å². The van der Waals surface area contributed by atoms with Crippen LogP contribution >= 0.6 is 11.3 Å². The molecule has 2 aromatic rings. The first-order chi connectivity index (χ1) is 11.1. The van der Waals surface area contributed by atoms with Crippen molar-refractivity contribution >= 4 is 21.4 Å². The number of sulfonamides is 1. The van der Waals surface area contributed by atoms with Gasteiger partial charge >= 0.3 is 0 Å². The molecule has 4 heterocycles. The molecule has 122 valence electrons. The first kappa shape index (κ1) is 15.3. The molecule has 2 saturated heterocycles. The van der Waals surface area contributed by atoms with Gasteiger partial charge in [0.05, 0.1) is 10.6 Å². The monoisotopic (exact) mass is 349 g/mol. The van der Waals surface area contributed by atoms with Gasteiger partial charge in [-0.25, -0.2) is 8.42 Å². The highest BCUT2D eigenvalue weighted by Gasteiger charge is 2.44. The summed E-state index contributed by atoms with van der Waals surface area (Å²) in [6.45, 7) is 2.33. The molecule has 5 nitrogen and oxygen atoms in total. The topological polar surface area (TPSA) is 53.5 Å². The summed E-state index contributed by atoms with van der Waals surface area (Å²) in [6, 6.07) is 9.60. The third-order valence-electron chi connectivity index (χ3n) is 4.88.